The van der Waals surface area contributed by atoms with Crippen molar-refractivity contribution in [3.05, 3.63) is 48.5 Å². The molecule has 5 heterocycles. The second-order valence-electron chi connectivity index (χ2n) is 7.64. The molecule has 0 amide bonds. The average molecular weight is 323 g/mol. The summed E-state index contributed by atoms with van der Waals surface area (Å²) in [6.07, 6.45) is 6.37. The highest BCUT2D eigenvalue weighted by Gasteiger charge is 2.41. The highest BCUT2D eigenvalue weighted by molar-refractivity contribution is 5.68. The van der Waals surface area contributed by atoms with Gasteiger partial charge in [-0.1, -0.05) is 18.2 Å². The van der Waals surface area contributed by atoms with Gasteiger partial charge in [-0.3, -0.25) is 4.98 Å². The highest BCUT2D eigenvalue weighted by Crippen LogP contribution is 2.39. The van der Waals surface area contributed by atoms with Crippen LogP contribution in [0, 0.1) is 17.7 Å². The maximum Gasteiger partial charge on any atom is 0.131 e. The summed E-state index contributed by atoms with van der Waals surface area (Å²) in [4.78, 5) is 9.61. The lowest BCUT2D eigenvalue weighted by Crippen LogP contribution is -2.49. The molecule has 4 unspecified atom stereocenters. The number of halogens is 1. The summed E-state index contributed by atoms with van der Waals surface area (Å²) in [5.41, 5.74) is 2.65. The van der Waals surface area contributed by atoms with Crippen molar-refractivity contribution < 1.29 is 4.39 Å². The molecule has 4 fully saturated rings. The second kappa shape index (κ2) is 5.55. The zero-order valence-electron chi connectivity index (χ0n) is 13.7. The molecule has 3 nitrogen and oxygen atoms in total. The largest absolute Gasteiger partial charge is 0.366 e. The number of anilines is 1. The number of hydrogen-bond acceptors (Lipinski definition) is 3. The molecule has 0 N–H and O–H groups in total. The maximum atomic E-state index is 14.1. The van der Waals surface area contributed by atoms with Crippen LogP contribution < -0.4 is 4.90 Å². The van der Waals surface area contributed by atoms with Crippen LogP contribution in [-0.4, -0.2) is 42.1 Å². The van der Waals surface area contributed by atoms with Crippen molar-refractivity contribution in [1.29, 1.82) is 0 Å². The Kier molecular flexibility index (Phi) is 3.33. The fourth-order valence-corrected chi connectivity index (χ4v) is 5.03. The van der Waals surface area contributed by atoms with Gasteiger partial charge in [0.25, 0.3) is 0 Å². The molecule has 4 saturated heterocycles. The fourth-order valence-electron chi connectivity index (χ4n) is 5.03. The van der Waals surface area contributed by atoms with Crippen molar-refractivity contribution in [1.82, 2.24) is 9.88 Å². The zero-order chi connectivity index (χ0) is 16.1. The van der Waals surface area contributed by atoms with Gasteiger partial charge in [-0.2, -0.15) is 0 Å². The van der Waals surface area contributed by atoms with Crippen molar-refractivity contribution in [2.75, 3.05) is 31.1 Å². The van der Waals surface area contributed by atoms with Crippen molar-refractivity contribution >= 4 is 5.69 Å². The Morgan fingerprint density at radius 3 is 2.71 bits per heavy atom. The standard InChI is InChI=1S/C20H22FN3/c21-20-4-2-1-3-19(20)16-7-17(9-22-8-16)24-12-15-5-14-6-18(24)13-23(10-14)11-15/h1-4,7-9,14-15,18H,5-6,10-13H2. The van der Waals surface area contributed by atoms with E-state index >= 15 is 0 Å². The Balaban J connectivity index is 1.51. The van der Waals surface area contributed by atoms with Gasteiger partial charge in [-0.15, -0.1) is 0 Å². The summed E-state index contributed by atoms with van der Waals surface area (Å²) in [5, 5.41) is 0. The molecule has 4 atom stereocenters. The molecule has 4 heteroatoms. The number of aromatic nitrogens is 1. The van der Waals surface area contributed by atoms with E-state index in [1.54, 1.807) is 12.3 Å². The van der Waals surface area contributed by atoms with Crippen LogP contribution in [0.5, 0.6) is 0 Å². The van der Waals surface area contributed by atoms with Gasteiger partial charge in [0.1, 0.15) is 5.82 Å². The van der Waals surface area contributed by atoms with E-state index in [9.17, 15) is 4.39 Å². The lowest BCUT2D eigenvalue weighted by Gasteiger charge is -2.41. The number of fused-ring (bicyclic) bond motifs is 1. The van der Waals surface area contributed by atoms with E-state index in [1.165, 1.54) is 32.0 Å². The Labute approximate surface area is 142 Å². The molecule has 0 aliphatic carbocycles. The minimum atomic E-state index is -0.182. The molecule has 0 saturated carbocycles. The molecule has 4 bridgehead atoms. The van der Waals surface area contributed by atoms with E-state index < -0.39 is 0 Å². The number of piperidine rings is 2. The van der Waals surface area contributed by atoms with Crippen LogP contribution in [0.2, 0.25) is 0 Å². The quantitative estimate of drug-likeness (QED) is 0.844. The molecular weight excluding hydrogens is 301 g/mol. The predicted molar refractivity (Wildman–Crippen MR) is 93.4 cm³/mol. The highest BCUT2D eigenvalue weighted by atomic mass is 19.1. The number of rotatable bonds is 2. The molecule has 2 aromatic rings. The van der Waals surface area contributed by atoms with Crippen LogP contribution in [0.1, 0.15) is 12.8 Å². The van der Waals surface area contributed by atoms with Crippen molar-refractivity contribution in [3.8, 4) is 11.1 Å². The van der Waals surface area contributed by atoms with Crippen LogP contribution in [0.15, 0.2) is 42.7 Å². The molecule has 124 valence electrons. The van der Waals surface area contributed by atoms with E-state index in [2.05, 4.69) is 20.9 Å². The molecule has 24 heavy (non-hydrogen) atoms. The summed E-state index contributed by atoms with van der Waals surface area (Å²) in [6.45, 7) is 4.80. The lowest BCUT2D eigenvalue weighted by atomic mass is 9.84. The summed E-state index contributed by atoms with van der Waals surface area (Å²) in [6, 6.07) is 9.65. The van der Waals surface area contributed by atoms with Gasteiger partial charge in [0, 0.05) is 49.5 Å². The van der Waals surface area contributed by atoms with Crippen LogP contribution in [0.4, 0.5) is 10.1 Å². The van der Waals surface area contributed by atoms with Gasteiger partial charge in [0.2, 0.25) is 0 Å². The molecule has 6 rings (SSSR count). The molecule has 0 radical (unpaired) electrons. The fraction of sp³-hybridized carbons (Fsp3) is 0.450. The first kappa shape index (κ1) is 14.4. The van der Waals surface area contributed by atoms with Crippen molar-refractivity contribution in [2.45, 2.75) is 18.9 Å². The lowest BCUT2D eigenvalue weighted by molar-refractivity contribution is 0.0980. The van der Waals surface area contributed by atoms with Gasteiger partial charge >= 0.3 is 0 Å². The first-order valence-corrected chi connectivity index (χ1v) is 8.95. The number of hydrogen-bond donors (Lipinski definition) is 0. The number of nitrogens with zero attached hydrogens (tertiary/aromatic N) is 3. The van der Waals surface area contributed by atoms with E-state index in [0.717, 1.165) is 36.2 Å². The Morgan fingerprint density at radius 2 is 1.83 bits per heavy atom. The van der Waals surface area contributed by atoms with Crippen LogP contribution in [0.25, 0.3) is 11.1 Å². The monoisotopic (exact) mass is 323 g/mol. The van der Waals surface area contributed by atoms with Gasteiger partial charge < -0.3 is 9.80 Å². The summed E-state index contributed by atoms with van der Waals surface area (Å²) in [5.74, 6) is 1.43. The van der Waals surface area contributed by atoms with E-state index in [1.807, 2.05) is 18.3 Å². The topological polar surface area (TPSA) is 19.4 Å². The third-order valence-corrected chi connectivity index (χ3v) is 5.91. The minimum Gasteiger partial charge on any atom is -0.366 e. The van der Waals surface area contributed by atoms with Crippen LogP contribution in [-0.2, 0) is 0 Å². The SMILES string of the molecule is Fc1ccccc1-c1cncc(N2CC3CC4CC2CN(C4)C3)c1. The molecule has 4 aliphatic rings. The van der Waals surface area contributed by atoms with Gasteiger partial charge in [-0.25, -0.2) is 4.39 Å². The average Bonchev–Trinajstić information content (AvgIpc) is 2.79. The van der Waals surface area contributed by atoms with E-state index in [-0.39, 0.29) is 5.82 Å². The number of pyridine rings is 1. The first-order chi connectivity index (χ1) is 11.8. The third-order valence-electron chi connectivity index (χ3n) is 5.91. The molecule has 0 spiro atoms. The summed E-state index contributed by atoms with van der Waals surface area (Å²) >= 11 is 0. The van der Waals surface area contributed by atoms with E-state index in [0.29, 0.717) is 11.6 Å². The third kappa shape index (κ3) is 2.40. The van der Waals surface area contributed by atoms with Crippen molar-refractivity contribution in [2.24, 2.45) is 11.8 Å². The number of benzene rings is 1. The van der Waals surface area contributed by atoms with Crippen LogP contribution in [0.3, 0.4) is 0 Å². The Hall–Kier alpha value is -1.94. The van der Waals surface area contributed by atoms with Gasteiger partial charge in [-0.05, 0) is 36.8 Å². The minimum absolute atomic E-state index is 0.182. The summed E-state index contributed by atoms with van der Waals surface area (Å²) in [7, 11) is 0. The first-order valence-electron chi connectivity index (χ1n) is 8.95. The van der Waals surface area contributed by atoms with Crippen LogP contribution >= 0.6 is 0 Å². The molecule has 1 aromatic heterocycles. The molecular formula is C20H22FN3. The smallest absolute Gasteiger partial charge is 0.131 e. The van der Waals surface area contributed by atoms with Gasteiger partial charge in [0.15, 0.2) is 0 Å². The Morgan fingerprint density at radius 1 is 0.958 bits per heavy atom. The van der Waals surface area contributed by atoms with Gasteiger partial charge in [0.05, 0.1) is 11.9 Å². The molecule has 1 aromatic carbocycles. The zero-order valence-corrected chi connectivity index (χ0v) is 13.7. The Bertz CT molecular complexity index is 748. The maximum absolute atomic E-state index is 14.1. The second-order valence-corrected chi connectivity index (χ2v) is 7.64. The van der Waals surface area contributed by atoms with E-state index in [4.69, 9.17) is 0 Å². The normalized spacial score (nSPS) is 31.3. The molecule has 4 aliphatic heterocycles. The predicted octanol–water partition coefficient (Wildman–Crippen LogP) is 3.42. The summed E-state index contributed by atoms with van der Waals surface area (Å²) < 4.78 is 14.1. The van der Waals surface area contributed by atoms with Crippen molar-refractivity contribution in [3.63, 3.8) is 0 Å².